The Kier molecular flexibility index (Phi) is 6.50. The van der Waals surface area contributed by atoms with E-state index in [9.17, 15) is 0 Å². The average Bonchev–Trinajstić information content (AvgIpc) is 3.67. The standard InChI is InChI=1S/C49H34S/c1-49(2)43-30-32(28-29-41(43)48-47(49)42-26-14-15-27-44(42)50-48)45-37-22-10-12-24-39(37)46(40-25-13-11-23-38(40)45)36-21-9-8-20-35(36)34-19-7-6-18-33(34)31-16-4-3-5-17-31/h3-30H,1-2H3. The Hall–Kier alpha value is -5.76. The van der Waals surface area contributed by atoms with Crippen molar-refractivity contribution in [1.82, 2.24) is 0 Å². The van der Waals surface area contributed by atoms with E-state index in [0.717, 1.165) is 0 Å². The first-order valence-electron chi connectivity index (χ1n) is 17.4. The molecule has 50 heavy (non-hydrogen) atoms. The van der Waals surface area contributed by atoms with Crippen LogP contribution >= 0.6 is 11.3 Å². The summed E-state index contributed by atoms with van der Waals surface area (Å²) < 4.78 is 1.37. The number of thiophene rings is 1. The minimum atomic E-state index is -0.0864. The summed E-state index contributed by atoms with van der Waals surface area (Å²) in [5.74, 6) is 0. The molecule has 1 aliphatic rings. The predicted molar refractivity (Wildman–Crippen MR) is 216 cm³/mol. The summed E-state index contributed by atoms with van der Waals surface area (Å²) in [6, 6.07) is 62.8. The zero-order valence-electron chi connectivity index (χ0n) is 28.1. The number of hydrogen-bond acceptors (Lipinski definition) is 1. The van der Waals surface area contributed by atoms with Crippen LogP contribution < -0.4 is 0 Å². The van der Waals surface area contributed by atoms with Crippen molar-refractivity contribution in [3.05, 3.63) is 181 Å². The fourth-order valence-electron chi connectivity index (χ4n) is 8.66. The van der Waals surface area contributed by atoms with Crippen LogP contribution in [0.1, 0.15) is 25.0 Å². The van der Waals surface area contributed by atoms with Gasteiger partial charge in [0.25, 0.3) is 0 Å². The van der Waals surface area contributed by atoms with Crippen molar-refractivity contribution >= 4 is 43.0 Å². The van der Waals surface area contributed by atoms with E-state index in [2.05, 4.69) is 184 Å². The van der Waals surface area contributed by atoms with Gasteiger partial charge >= 0.3 is 0 Å². The van der Waals surface area contributed by atoms with Gasteiger partial charge in [-0.3, -0.25) is 0 Å². The Morgan fingerprint density at radius 2 is 0.880 bits per heavy atom. The van der Waals surface area contributed by atoms with Crippen LogP contribution in [0.2, 0.25) is 0 Å². The minimum Gasteiger partial charge on any atom is -0.135 e. The van der Waals surface area contributed by atoms with Gasteiger partial charge in [-0.05, 0) is 100 Å². The topological polar surface area (TPSA) is 0 Å². The summed E-state index contributed by atoms with van der Waals surface area (Å²) in [7, 11) is 0. The molecule has 8 aromatic carbocycles. The average molecular weight is 655 g/mol. The summed E-state index contributed by atoms with van der Waals surface area (Å²) in [6.07, 6.45) is 0. The second-order valence-corrected chi connectivity index (χ2v) is 15.0. The molecule has 9 aromatic rings. The highest BCUT2D eigenvalue weighted by Gasteiger charge is 2.39. The van der Waals surface area contributed by atoms with Gasteiger partial charge in [0, 0.05) is 15.0 Å². The first kappa shape index (κ1) is 29.2. The Morgan fingerprint density at radius 3 is 1.54 bits per heavy atom. The lowest BCUT2D eigenvalue weighted by Crippen LogP contribution is -2.15. The van der Waals surface area contributed by atoms with Crippen LogP contribution in [0.5, 0.6) is 0 Å². The normalized spacial score (nSPS) is 13.2. The number of fused-ring (bicyclic) bond motifs is 7. The molecule has 0 spiro atoms. The predicted octanol–water partition coefficient (Wildman–Crippen LogP) is 14.2. The van der Waals surface area contributed by atoms with Gasteiger partial charge in [0.2, 0.25) is 0 Å². The molecule has 0 saturated carbocycles. The molecule has 0 bridgehead atoms. The monoisotopic (exact) mass is 654 g/mol. The minimum absolute atomic E-state index is 0.0864. The van der Waals surface area contributed by atoms with E-state index >= 15 is 0 Å². The Bertz CT molecular complexity index is 2720. The van der Waals surface area contributed by atoms with E-state index in [1.165, 1.54) is 97.7 Å². The third-order valence-electron chi connectivity index (χ3n) is 10.9. The zero-order chi connectivity index (χ0) is 33.4. The number of rotatable bonds is 4. The van der Waals surface area contributed by atoms with Crippen molar-refractivity contribution < 1.29 is 0 Å². The highest BCUT2D eigenvalue weighted by atomic mass is 32.1. The molecule has 1 aromatic heterocycles. The van der Waals surface area contributed by atoms with E-state index in [-0.39, 0.29) is 5.41 Å². The van der Waals surface area contributed by atoms with Crippen LogP contribution in [0.3, 0.4) is 0 Å². The maximum absolute atomic E-state index is 2.49. The highest BCUT2D eigenvalue weighted by Crippen LogP contribution is 2.56. The molecule has 0 saturated heterocycles. The van der Waals surface area contributed by atoms with Gasteiger partial charge < -0.3 is 0 Å². The summed E-state index contributed by atoms with van der Waals surface area (Å²) in [5, 5.41) is 6.50. The molecule has 0 atom stereocenters. The Balaban J connectivity index is 1.23. The first-order chi connectivity index (χ1) is 24.6. The van der Waals surface area contributed by atoms with Gasteiger partial charge in [-0.2, -0.15) is 0 Å². The molecular weight excluding hydrogens is 621 g/mol. The van der Waals surface area contributed by atoms with Crippen molar-refractivity contribution in [2.24, 2.45) is 0 Å². The van der Waals surface area contributed by atoms with Crippen LogP contribution in [0, 0.1) is 0 Å². The van der Waals surface area contributed by atoms with Crippen LogP contribution in [0.4, 0.5) is 0 Å². The quantitative estimate of drug-likeness (QED) is 0.166. The summed E-state index contributed by atoms with van der Waals surface area (Å²) >= 11 is 1.94. The molecular formula is C49H34S. The van der Waals surface area contributed by atoms with Gasteiger partial charge in [0.05, 0.1) is 0 Å². The molecule has 0 aliphatic heterocycles. The van der Waals surface area contributed by atoms with Crippen molar-refractivity contribution in [3.8, 4) is 54.9 Å². The molecule has 10 rings (SSSR count). The number of benzene rings is 8. The molecule has 0 fully saturated rings. The molecule has 1 heteroatoms. The third-order valence-corrected chi connectivity index (χ3v) is 12.1. The van der Waals surface area contributed by atoms with E-state index in [1.807, 2.05) is 11.3 Å². The smallest absolute Gasteiger partial charge is 0.0399 e. The molecule has 1 heterocycles. The third kappa shape index (κ3) is 4.24. The molecule has 0 nitrogen and oxygen atoms in total. The van der Waals surface area contributed by atoms with Crippen molar-refractivity contribution in [2.75, 3.05) is 0 Å². The zero-order valence-corrected chi connectivity index (χ0v) is 28.9. The molecule has 0 N–H and O–H groups in total. The van der Waals surface area contributed by atoms with Gasteiger partial charge in [-0.15, -0.1) is 11.3 Å². The van der Waals surface area contributed by atoms with Crippen molar-refractivity contribution in [3.63, 3.8) is 0 Å². The number of hydrogen-bond donors (Lipinski definition) is 0. The molecule has 0 amide bonds. The second-order valence-electron chi connectivity index (χ2n) is 14.0. The van der Waals surface area contributed by atoms with Crippen molar-refractivity contribution in [1.29, 1.82) is 0 Å². The lowest BCUT2D eigenvalue weighted by atomic mass is 9.79. The van der Waals surface area contributed by atoms with E-state index in [1.54, 1.807) is 0 Å². The van der Waals surface area contributed by atoms with Gasteiger partial charge in [0.1, 0.15) is 0 Å². The summed E-state index contributed by atoms with van der Waals surface area (Å²) in [5.41, 5.74) is 14.3. The van der Waals surface area contributed by atoms with Gasteiger partial charge in [-0.25, -0.2) is 0 Å². The lowest BCUT2D eigenvalue weighted by molar-refractivity contribution is 0.667. The van der Waals surface area contributed by atoms with Gasteiger partial charge in [-0.1, -0.05) is 172 Å². The van der Waals surface area contributed by atoms with Crippen molar-refractivity contribution in [2.45, 2.75) is 19.3 Å². The second kappa shape index (κ2) is 11.1. The maximum atomic E-state index is 2.49. The Morgan fingerprint density at radius 1 is 0.380 bits per heavy atom. The van der Waals surface area contributed by atoms with Crippen LogP contribution in [-0.2, 0) is 5.41 Å². The molecule has 0 radical (unpaired) electrons. The summed E-state index contributed by atoms with van der Waals surface area (Å²) in [6.45, 7) is 4.81. The van der Waals surface area contributed by atoms with E-state index in [4.69, 9.17) is 0 Å². The van der Waals surface area contributed by atoms with Gasteiger partial charge in [0.15, 0.2) is 0 Å². The maximum Gasteiger partial charge on any atom is 0.0399 e. The van der Waals surface area contributed by atoms with E-state index < -0.39 is 0 Å². The van der Waals surface area contributed by atoms with Crippen LogP contribution in [-0.4, -0.2) is 0 Å². The van der Waals surface area contributed by atoms with E-state index in [0.29, 0.717) is 0 Å². The fourth-order valence-corrected chi connectivity index (χ4v) is 10.1. The SMILES string of the molecule is CC1(C)c2cc(-c3c4ccccc4c(-c4ccccc4-c4ccccc4-c4ccccc4)c4ccccc34)ccc2-c2sc3ccccc3c21. The van der Waals surface area contributed by atoms with Crippen LogP contribution in [0.25, 0.3) is 86.6 Å². The summed E-state index contributed by atoms with van der Waals surface area (Å²) in [4.78, 5) is 1.43. The fraction of sp³-hybridized carbons (Fsp3) is 0.0612. The first-order valence-corrected chi connectivity index (χ1v) is 18.3. The largest absolute Gasteiger partial charge is 0.135 e. The highest BCUT2D eigenvalue weighted by molar-refractivity contribution is 7.22. The lowest BCUT2D eigenvalue weighted by Gasteiger charge is -2.23. The molecule has 1 aliphatic carbocycles. The molecule has 0 unspecified atom stereocenters. The van der Waals surface area contributed by atoms with Crippen LogP contribution in [0.15, 0.2) is 170 Å². The Labute approximate surface area is 296 Å². The molecule has 236 valence electrons.